The second-order valence-electron chi connectivity index (χ2n) is 7.30. The molecule has 0 aliphatic carbocycles. The molecule has 1 saturated heterocycles. The lowest BCUT2D eigenvalue weighted by Gasteiger charge is -2.32. The van der Waals surface area contributed by atoms with Gasteiger partial charge in [0.1, 0.15) is 5.82 Å². The van der Waals surface area contributed by atoms with Crippen molar-refractivity contribution in [2.24, 2.45) is 5.92 Å². The zero-order valence-electron chi connectivity index (χ0n) is 15.8. The first kappa shape index (κ1) is 18.6. The molecule has 1 aromatic carbocycles. The summed E-state index contributed by atoms with van der Waals surface area (Å²) in [5, 5.41) is 7.07. The Morgan fingerprint density at radius 3 is 2.54 bits per heavy atom. The number of anilines is 2. The Kier molecular flexibility index (Phi) is 6.09. The molecule has 138 valence electrons. The molecule has 5 heteroatoms. The molecule has 0 saturated carbocycles. The van der Waals surface area contributed by atoms with Crippen LogP contribution in [0, 0.1) is 12.8 Å². The fourth-order valence-electron chi connectivity index (χ4n) is 3.28. The molecule has 2 heterocycles. The van der Waals surface area contributed by atoms with E-state index in [2.05, 4.69) is 58.6 Å². The fraction of sp³-hybridized carbons (Fsp3) is 0.429. The maximum absolute atomic E-state index is 5.42. The maximum atomic E-state index is 5.42. The zero-order chi connectivity index (χ0) is 18.5. The zero-order valence-corrected chi connectivity index (χ0v) is 16.6. The van der Waals surface area contributed by atoms with Gasteiger partial charge in [-0.25, -0.2) is 4.98 Å². The van der Waals surface area contributed by atoms with Crippen molar-refractivity contribution in [1.82, 2.24) is 10.3 Å². The minimum absolute atomic E-state index is 0.134. The van der Waals surface area contributed by atoms with E-state index in [-0.39, 0.29) is 6.04 Å². The second-order valence-corrected chi connectivity index (χ2v) is 7.71. The molecule has 4 nitrogen and oxygen atoms in total. The Morgan fingerprint density at radius 1 is 1.19 bits per heavy atom. The summed E-state index contributed by atoms with van der Waals surface area (Å²) in [6.45, 7) is 8.82. The van der Waals surface area contributed by atoms with E-state index >= 15 is 0 Å². The van der Waals surface area contributed by atoms with Gasteiger partial charge in [-0.1, -0.05) is 19.1 Å². The van der Waals surface area contributed by atoms with Gasteiger partial charge in [-0.3, -0.25) is 0 Å². The summed E-state index contributed by atoms with van der Waals surface area (Å²) in [4.78, 5) is 6.77. The first-order valence-corrected chi connectivity index (χ1v) is 9.77. The number of benzene rings is 1. The van der Waals surface area contributed by atoms with Gasteiger partial charge in [-0.15, -0.1) is 0 Å². The van der Waals surface area contributed by atoms with Gasteiger partial charge in [0.15, 0.2) is 5.11 Å². The van der Waals surface area contributed by atoms with Crippen molar-refractivity contribution in [3.05, 3.63) is 53.7 Å². The van der Waals surface area contributed by atoms with Crippen molar-refractivity contribution >= 4 is 28.8 Å². The predicted molar refractivity (Wildman–Crippen MR) is 114 cm³/mol. The molecular formula is C21H28N4S. The van der Waals surface area contributed by atoms with Crippen molar-refractivity contribution in [3.63, 3.8) is 0 Å². The molecule has 0 radical (unpaired) electrons. The third-order valence-corrected chi connectivity index (χ3v) is 5.27. The molecule has 26 heavy (non-hydrogen) atoms. The van der Waals surface area contributed by atoms with Gasteiger partial charge in [0, 0.05) is 25.0 Å². The van der Waals surface area contributed by atoms with Crippen LogP contribution >= 0.6 is 12.2 Å². The van der Waals surface area contributed by atoms with Crippen molar-refractivity contribution in [3.8, 4) is 0 Å². The molecule has 3 rings (SSSR count). The van der Waals surface area contributed by atoms with Crippen molar-refractivity contribution < 1.29 is 0 Å². The highest BCUT2D eigenvalue weighted by Gasteiger charge is 2.16. The highest BCUT2D eigenvalue weighted by atomic mass is 32.1. The highest BCUT2D eigenvalue weighted by Crippen LogP contribution is 2.24. The summed E-state index contributed by atoms with van der Waals surface area (Å²) in [7, 11) is 0. The van der Waals surface area contributed by atoms with E-state index in [0.717, 1.165) is 30.4 Å². The number of hydrogen-bond acceptors (Lipinski definition) is 3. The predicted octanol–water partition coefficient (Wildman–Crippen LogP) is 4.67. The van der Waals surface area contributed by atoms with Crippen molar-refractivity contribution in [2.75, 3.05) is 23.3 Å². The summed E-state index contributed by atoms with van der Waals surface area (Å²) >= 11 is 5.42. The summed E-state index contributed by atoms with van der Waals surface area (Å²) in [5.74, 6) is 1.62. The maximum Gasteiger partial charge on any atom is 0.172 e. The van der Waals surface area contributed by atoms with Crippen LogP contribution in [-0.4, -0.2) is 23.2 Å². The van der Waals surface area contributed by atoms with Gasteiger partial charge in [-0.2, -0.15) is 0 Å². The van der Waals surface area contributed by atoms with Gasteiger partial charge in [0.25, 0.3) is 0 Å². The monoisotopic (exact) mass is 368 g/mol. The standard InChI is InChI=1S/C21H28N4S/c1-15-9-12-25(13-10-15)19-6-4-18(5-7-19)17(3)23-21(26)24-20-14-16(2)8-11-22-20/h4-8,11,14-15,17H,9-10,12-13H2,1-3H3,(H2,22,23,24,26)/t17-/m0/s1. The van der Waals surface area contributed by atoms with Crippen molar-refractivity contribution in [1.29, 1.82) is 0 Å². The molecule has 0 bridgehead atoms. The molecule has 0 spiro atoms. The fourth-order valence-corrected chi connectivity index (χ4v) is 3.56. The van der Waals surface area contributed by atoms with Crippen LogP contribution in [0.4, 0.5) is 11.5 Å². The third-order valence-electron chi connectivity index (χ3n) is 5.05. The lowest BCUT2D eigenvalue weighted by molar-refractivity contribution is 0.438. The van der Waals surface area contributed by atoms with E-state index in [0.29, 0.717) is 5.11 Å². The average Bonchev–Trinajstić information content (AvgIpc) is 2.62. The Bertz CT molecular complexity index is 736. The SMILES string of the molecule is Cc1ccnc(NC(=S)N[C@@H](C)c2ccc(N3CCC(C)CC3)cc2)c1. The smallest absolute Gasteiger partial charge is 0.172 e. The number of pyridine rings is 1. The Morgan fingerprint density at radius 2 is 1.88 bits per heavy atom. The van der Waals surface area contributed by atoms with Crippen LogP contribution in [0.1, 0.15) is 43.9 Å². The van der Waals surface area contributed by atoms with Crippen LogP contribution in [-0.2, 0) is 0 Å². The average molecular weight is 369 g/mol. The van der Waals surface area contributed by atoms with Crippen LogP contribution in [0.3, 0.4) is 0 Å². The molecule has 0 unspecified atom stereocenters. The minimum Gasteiger partial charge on any atom is -0.372 e. The number of thiocarbonyl (C=S) groups is 1. The number of hydrogen-bond donors (Lipinski definition) is 2. The van der Waals surface area contributed by atoms with E-state index in [1.54, 1.807) is 6.20 Å². The number of rotatable bonds is 4. The summed E-state index contributed by atoms with van der Waals surface area (Å²) in [5.41, 5.74) is 3.69. The normalized spacial score (nSPS) is 16.2. The van der Waals surface area contributed by atoms with E-state index in [9.17, 15) is 0 Å². The van der Waals surface area contributed by atoms with Gasteiger partial charge >= 0.3 is 0 Å². The van der Waals surface area contributed by atoms with Crippen LogP contribution in [0.5, 0.6) is 0 Å². The van der Waals surface area contributed by atoms with E-state index in [1.165, 1.54) is 24.1 Å². The van der Waals surface area contributed by atoms with Crippen LogP contribution < -0.4 is 15.5 Å². The third kappa shape index (κ3) is 4.94. The Labute approximate surface area is 162 Å². The van der Waals surface area contributed by atoms with E-state index in [1.807, 2.05) is 19.1 Å². The molecule has 1 aromatic heterocycles. The molecule has 2 N–H and O–H groups in total. The summed E-state index contributed by atoms with van der Waals surface area (Å²) in [6.07, 6.45) is 4.35. The van der Waals surface area contributed by atoms with Crippen molar-refractivity contribution in [2.45, 2.75) is 39.7 Å². The minimum atomic E-state index is 0.134. The summed E-state index contributed by atoms with van der Waals surface area (Å²) in [6, 6.07) is 12.9. The lowest BCUT2D eigenvalue weighted by atomic mass is 9.98. The molecule has 1 atom stereocenters. The number of piperidine rings is 1. The van der Waals surface area contributed by atoms with Gasteiger partial charge in [0.05, 0.1) is 6.04 Å². The number of nitrogens with one attached hydrogen (secondary N) is 2. The number of aryl methyl sites for hydroxylation is 1. The topological polar surface area (TPSA) is 40.2 Å². The Hall–Kier alpha value is -2.14. The van der Waals surface area contributed by atoms with Gasteiger partial charge < -0.3 is 15.5 Å². The largest absolute Gasteiger partial charge is 0.372 e. The van der Waals surface area contributed by atoms with Crippen LogP contribution in [0.15, 0.2) is 42.6 Å². The second kappa shape index (κ2) is 8.49. The molecule has 1 aliphatic heterocycles. The highest BCUT2D eigenvalue weighted by molar-refractivity contribution is 7.80. The van der Waals surface area contributed by atoms with E-state index in [4.69, 9.17) is 12.2 Å². The number of aromatic nitrogens is 1. The van der Waals surface area contributed by atoms with Crippen LogP contribution in [0.2, 0.25) is 0 Å². The van der Waals surface area contributed by atoms with Crippen LogP contribution in [0.25, 0.3) is 0 Å². The molecule has 1 fully saturated rings. The molecule has 1 aliphatic rings. The van der Waals surface area contributed by atoms with E-state index < -0.39 is 0 Å². The Balaban J connectivity index is 1.56. The number of nitrogens with zero attached hydrogens (tertiary/aromatic N) is 2. The molecule has 2 aromatic rings. The first-order valence-electron chi connectivity index (χ1n) is 9.36. The molecule has 0 amide bonds. The first-order chi connectivity index (χ1) is 12.5. The lowest BCUT2D eigenvalue weighted by Crippen LogP contribution is -2.33. The molecular weight excluding hydrogens is 340 g/mol. The van der Waals surface area contributed by atoms with Gasteiger partial charge in [-0.05, 0) is 80.2 Å². The van der Waals surface area contributed by atoms with Gasteiger partial charge in [0.2, 0.25) is 0 Å². The quantitative estimate of drug-likeness (QED) is 0.767. The summed E-state index contributed by atoms with van der Waals surface area (Å²) < 4.78 is 0.